The number of likely N-dealkylation sites (tertiary alicyclic amines) is 1. The van der Waals surface area contributed by atoms with Gasteiger partial charge in [-0.15, -0.1) is 0 Å². The standard InChI is InChI=1S/C20H20FN5O3/c1-20(2,21)19-23-17(24-29-19)12-5-6-16(22-9-12)25-10-14-8-13(25)11-26(14)18(27)15-4-3-7-28-15/h3-7,9,13-14H,8,10-11H2,1-2H3. The molecule has 3 aromatic heterocycles. The number of anilines is 1. The lowest BCUT2D eigenvalue weighted by Crippen LogP contribution is -2.49. The first-order valence-corrected chi connectivity index (χ1v) is 9.51. The summed E-state index contributed by atoms with van der Waals surface area (Å²) >= 11 is 0. The Morgan fingerprint density at radius 2 is 2.10 bits per heavy atom. The van der Waals surface area contributed by atoms with Crippen molar-refractivity contribution in [3.63, 3.8) is 0 Å². The first-order chi connectivity index (χ1) is 13.9. The minimum atomic E-state index is -1.69. The molecular weight excluding hydrogens is 377 g/mol. The summed E-state index contributed by atoms with van der Waals surface area (Å²) in [6.07, 6.45) is 4.09. The SMILES string of the molecule is CC(C)(F)c1nc(-c2ccc(N3CC4CC3CN4C(=O)c3ccco3)nc2)no1. The first-order valence-electron chi connectivity index (χ1n) is 9.51. The predicted octanol–water partition coefficient (Wildman–Crippen LogP) is 3.03. The lowest BCUT2D eigenvalue weighted by Gasteiger charge is -2.34. The highest BCUT2D eigenvalue weighted by Crippen LogP contribution is 2.35. The van der Waals surface area contributed by atoms with Gasteiger partial charge in [-0.25, -0.2) is 9.37 Å². The summed E-state index contributed by atoms with van der Waals surface area (Å²) in [6, 6.07) is 7.53. The van der Waals surface area contributed by atoms with E-state index in [1.54, 1.807) is 18.3 Å². The van der Waals surface area contributed by atoms with Gasteiger partial charge in [-0.1, -0.05) is 5.16 Å². The summed E-state index contributed by atoms with van der Waals surface area (Å²) in [5, 5.41) is 3.84. The topological polar surface area (TPSA) is 88.5 Å². The molecule has 2 unspecified atom stereocenters. The Hall–Kier alpha value is -3.23. The second kappa shape index (κ2) is 6.40. The molecule has 0 N–H and O–H groups in total. The van der Waals surface area contributed by atoms with E-state index in [1.807, 2.05) is 17.0 Å². The van der Waals surface area contributed by atoms with E-state index in [-0.39, 0.29) is 23.9 Å². The summed E-state index contributed by atoms with van der Waals surface area (Å²) in [5.41, 5.74) is -1.03. The van der Waals surface area contributed by atoms with Crippen LogP contribution in [0.25, 0.3) is 11.4 Å². The summed E-state index contributed by atoms with van der Waals surface area (Å²) in [7, 11) is 0. The second-order valence-electron chi connectivity index (χ2n) is 7.93. The van der Waals surface area contributed by atoms with Crippen LogP contribution in [0.2, 0.25) is 0 Å². The van der Waals surface area contributed by atoms with E-state index >= 15 is 0 Å². The molecule has 8 nitrogen and oxygen atoms in total. The molecular formula is C20H20FN5O3. The predicted molar refractivity (Wildman–Crippen MR) is 101 cm³/mol. The fraction of sp³-hybridized carbons (Fsp3) is 0.400. The Labute approximate surface area is 166 Å². The molecule has 2 saturated heterocycles. The second-order valence-corrected chi connectivity index (χ2v) is 7.93. The van der Waals surface area contributed by atoms with Crippen LogP contribution in [-0.4, -0.2) is 51.1 Å². The molecule has 0 spiro atoms. The molecule has 0 aromatic carbocycles. The quantitative estimate of drug-likeness (QED) is 0.668. The minimum absolute atomic E-state index is 0.0604. The third kappa shape index (κ3) is 3.06. The number of amides is 1. The van der Waals surface area contributed by atoms with E-state index in [0.717, 1.165) is 18.8 Å². The van der Waals surface area contributed by atoms with Crippen molar-refractivity contribution in [2.75, 3.05) is 18.0 Å². The smallest absolute Gasteiger partial charge is 0.289 e. The van der Waals surface area contributed by atoms with Crippen LogP contribution in [0.1, 0.15) is 36.7 Å². The number of furan rings is 1. The zero-order chi connectivity index (χ0) is 20.2. The van der Waals surface area contributed by atoms with Crippen LogP contribution in [0.3, 0.4) is 0 Å². The fourth-order valence-corrected chi connectivity index (χ4v) is 4.01. The molecule has 29 heavy (non-hydrogen) atoms. The number of fused-ring (bicyclic) bond motifs is 2. The lowest BCUT2D eigenvalue weighted by molar-refractivity contribution is 0.0693. The molecule has 3 aromatic rings. The number of piperazine rings is 1. The van der Waals surface area contributed by atoms with Gasteiger partial charge in [0.15, 0.2) is 11.4 Å². The lowest BCUT2D eigenvalue weighted by atomic mass is 10.2. The normalized spacial score (nSPS) is 21.2. The molecule has 2 atom stereocenters. The number of hydrogen-bond donors (Lipinski definition) is 0. The number of pyridine rings is 1. The number of carbonyl (C=O) groups is 1. The van der Waals surface area contributed by atoms with E-state index in [2.05, 4.69) is 20.0 Å². The average molecular weight is 397 g/mol. The number of aromatic nitrogens is 3. The number of rotatable bonds is 4. The van der Waals surface area contributed by atoms with Crippen LogP contribution in [0.5, 0.6) is 0 Å². The van der Waals surface area contributed by atoms with E-state index in [0.29, 0.717) is 23.7 Å². The van der Waals surface area contributed by atoms with Crippen molar-refractivity contribution in [2.24, 2.45) is 0 Å². The van der Waals surface area contributed by atoms with Gasteiger partial charge in [0.1, 0.15) is 5.82 Å². The van der Waals surface area contributed by atoms with Crippen molar-refractivity contribution in [1.29, 1.82) is 0 Å². The maximum Gasteiger partial charge on any atom is 0.289 e. The van der Waals surface area contributed by atoms with Gasteiger partial charge in [0, 0.05) is 24.8 Å². The summed E-state index contributed by atoms with van der Waals surface area (Å²) < 4.78 is 24.2. The number of halogens is 1. The molecule has 2 aliphatic rings. The Bertz CT molecular complexity index is 1030. The Morgan fingerprint density at radius 1 is 1.24 bits per heavy atom. The van der Waals surface area contributed by atoms with Crippen molar-refractivity contribution in [3.05, 3.63) is 48.4 Å². The largest absolute Gasteiger partial charge is 0.459 e. The van der Waals surface area contributed by atoms with Crippen LogP contribution in [0.4, 0.5) is 10.2 Å². The van der Waals surface area contributed by atoms with Crippen LogP contribution in [0, 0.1) is 0 Å². The van der Waals surface area contributed by atoms with Crippen molar-refractivity contribution < 1.29 is 18.1 Å². The average Bonchev–Trinajstić information content (AvgIpc) is 3.50. The number of carbonyl (C=O) groups excluding carboxylic acids is 1. The van der Waals surface area contributed by atoms with E-state index in [4.69, 9.17) is 8.94 Å². The highest BCUT2D eigenvalue weighted by molar-refractivity contribution is 5.92. The third-order valence-corrected chi connectivity index (χ3v) is 5.47. The van der Waals surface area contributed by atoms with Gasteiger partial charge in [0.05, 0.1) is 18.3 Å². The number of alkyl halides is 1. The molecule has 0 saturated carbocycles. The van der Waals surface area contributed by atoms with Gasteiger partial charge in [-0.05, 0) is 44.5 Å². The van der Waals surface area contributed by atoms with E-state index < -0.39 is 5.67 Å². The molecule has 5 heterocycles. The molecule has 1 amide bonds. The molecule has 0 aliphatic carbocycles. The maximum atomic E-state index is 13.9. The zero-order valence-corrected chi connectivity index (χ0v) is 16.1. The third-order valence-electron chi connectivity index (χ3n) is 5.47. The summed E-state index contributed by atoms with van der Waals surface area (Å²) in [6.45, 7) is 4.11. The van der Waals surface area contributed by atoms with Gasteiger partial charge in [0.2, 0.25) is 5.82 Å². The van der Waals surface area contributed by atoms with Crippen molar-refractivity contribution in [1.82, 2.24) is 20.0 Å². The van der Waals surface area contributed by atoms with Crippen molar-refractivity contribution in [3.8, 4) is 11.4 Å². The maximum absolute atomic E-state index is 13.9. The summed E-state index contributed by atoms with van der Waals surface area (Å²) in [4.78, 5) is 25.3. The number of nitrogens with zero attached hydrogens (tertiary/aromatic N) is 5. The molecule has 2 aliphatic heterocycles. The molecule has 5 rings (SSSR count). The molecule has 2 fully saturated rings. The van der Waals surface area contributed by atoms with Crippen molar-refractivity contribution in [2.45, 2.75) is 38.0 Å². The Kier molecular flexibility index (Phi) is 3.94. The van der Waals surface area contributed by atoms with Gasteiger partial charge < -0.3 is 18.7 Å². The van der Waals surface area contributed by atoms with Crippen LogP contribution in [-0.2, 0) is 5.67 Å². The zero-order valence-electron chi connectivity index (χ0n) is 16.1. The number of hydrogen-bond acceptors (Lipinski definition) is 7. The molecule has 9 heteroatoms. The van der Waals surface area contributed by atoms with E-state index in [1.165, 1.54) is 20.1 Å². The molecule has 0 radical (unpaired) electrons. The van der Waals surface area contributed by atoms with Crippen LogP contribution < -0.4 is 4.90 Å². The van der Waals surface area contributed by atoms with Gasteiger partial charge in [0.25, 0.3) is 11.8 Å². The highest BCUT2D eigenvalue weighted by atomic mass is 19.1. The van der Waals surface area contributed by atoms with Crippen LogP contribution in [0.15, 0.2) is 45.7 Å². The minimum Gasteiger partial charge on any atom is -0.459 e. The van der Waals surface area contributed by atoms with E-state index in [9.17, 15) is 9.18 Å². The highest BCUT2D eigenvalue weighted by Gasteiger charge is 2.46. The van der Waals surface area contributed by atoms with Gasteiger partial charge >= 0.3 is 0 Å². The first kappa shape index (κ1) is 17.8. The van der Waals surface area contributed by atoms with Gasteiger partial charge in [-0.2, -0.15) is 4.98 Å². The molecule has 150 valence electrons. The molecule has 2 bridgehead atoms. The van der Waals surface area contributed by atoms with Crippen LogP contribution >= 0.6 is 0 Å². The Morgan fingerprint density at radius 3 is 2.69 bits per heavy atom. The fourth-order valence-electron chi connectivity index (χ4n) is 4.01. The van der Waals surface area contributed by atoms with Crippen molar-refractivity contribution >= 4 is 11.7 Å². The monoisotopic (exact) mass is 397 g/mol. The van der Waals surface area contributed by atoms with Gasteiger partial charge in [-0.3, -0.25) is 4.79 Å². The Balaban J connectivity index is 1.29. The summed E-state index contributed by atoms with van der Waals surface area (Å²) in [5.74, 6) is 1.40.